The minimum atomic E-state index is -0.0514. The van der Waals surface area contributed by atoms with Crippen molar-refractivity contribution in [3.63, 3.8) is 0 Å². The maximum Gasteiger partial charge on any atom is 0.220 e. The molecule has 152 valence electrons. The van der Waals surface area contributed by atoms with Gasteiger partial charge in [0.05, 0.1) is 13.2 Å². The van der Waals surface area contributed by atoms with Crippen LogP contribution in [0.2, 0.25) is 0 Å². The van der Waals surface area contributed by atoms with E-state index in [2.05, 4.69) is 27.4 Å². The molecule has 2 N–H and O–H groups in total. The van der Waals surface area contributed by atoms with Gasteiger partial charge in [0.1, 0.15) is 5.75 Å². The van der Waals surface area contributed by atoms with Crippen molar-refractivity contribution in [3.8, 4) is 17.0 Å². The number of H-pyrrole nitrogens is 1. The number of amides is 1. The molecule has 0 fully saturated rings. The molecular weight excluding hydrogens is 374 g/mol. The van der Waals surface area contributed by atoms with Crippen LogP contribution in [0.3, 0.4) is 0 Å². The fraction of sp³-hybridized carbons (Fsp3) is 0.200. The van der Waals surface area contributed by atoms with E-state index < -0.39 is 0 Å². The van der Waals surface area contributed by atoms with Crippen molar-refractivity contribution in [2.75, 3.05) is 7.11 Å². The molecule has 30 heavy (non-hydrogen) atoms. The van der Waals surface area contributed by atoms with Crippen LogP contribution in [0, 0.1) is 0 Å². The molecule has 5 nitrogen and oxygen atoms in total. The van der Waals surface area contributed by atoms with Crippen molar-refractivity contribution in [1.82, 2.24) is 15.3 Å². The topological polar surface area (TPSA) is 67.0 Å². The molecule has 2 aromatic carbocycles. The molecule has 4 aromatic rings. The molecule has 1 amide bonds. The zero-order chi connectivity index (χ0) is 20.9. The molecule has 0 aliphatic carbocycles. The number of methoxy groups -OCH3 is 1. The van der Waals surface area contributed by atoms with Crippen LogP contribution < -0.4 is 10.1 Å². The second-order valence-corrected chi connectivity index (χ2v) is 7.32. The highest BCUT2D eigenvalue weighted by molar-refractivity contribution is 5.91. The first-order valence-electron chi connectivity index (χ1n) is 10.1. The summed E-state index contributed by atoms with van der Waals surface area (Å²) in [6.07, 6.45) is 4.55. The summed E-state index contributed by atoms with van der Waals surface area (Å²) in [4.78, 5) is 20.2. The van der Waals surface area contributed by atoms with Gasteiger partial charge in [0, 0.05) is 35.4 Å². The van der Waals surface area contributed by atoms with E-state index in [0.717, 1.165) is 39.0 Å². The first-order chi connectivity index (χ1) is 14.7. The molecule has 0 radical (unpaired) electrons. The molecule has 1 atom stereocenters. The van der Waals surface area contributed by atoms with Crippen molar-refractivity contribution in [2.45, 2.75) is 25.8 Å². The number of benzene rings is 2. The molecular formula is C25H25N3O2. The van der Waals surface area contributed by atoms with Gasteiger partial charge in [-0.3, -0.25) is 9.78 Å². The summed E-state index contributed by atoms with van der Waals surface area (Å²) in [5.74, 6) is 0.853. The Kier molecular flexibility index (Phi) is 5.80. The fourth-order valence-corrected chi connectivity index (χ4v) is 3.75. The smallest absolute Gasteiger partial charge is 0.220 e. The van der Waals surface area contributed by atoms with Gasteiger partial charge >= 0.3 is 0 Å². The number of rotatable bonds is 7. The summed E-state index contributed by atoms with van der Waals surface area (Å²) < 4.78 is 5.28. The average Bonchev–Trinajstić information content (AvgIpc) is 3.17. The molecule has 1 unspecified atom stereocenters. The second-order valence-electron chi connectivity index (χ2n) is 7.32. The standard InChI is InChI=1S/C25H25N3O2/c1-17(18-13-15-26-16-14-18)27-24(29)12-11-22-21-5-3-4-6-23(21)28-25(22)19-7-9-20(30-2)10-8-19/h3-10,13-17,28H,11-12H2,1-2H3,(H,27,29). The summed E-state index contributed by atoms with van der Waals surface area (Å²) in [6, 6.07) is 20.0. The molecule has 5 heteroatoms. The lowest BCUT2D eigenvalue weighted by Gasteiger charge is -2.14. The van der Waals surface area contributed by atoms with E-state index in [4.69, 9.17) is 4.74 Å². The third-order valence-corrected chi connectivity index (χ3v) is 5.38. The lowest BCUT2D eigenvalue weighted by Crippen LogP contribution is -2.26. The molecule has 0 spiro atoms. The quantitative estimate of drug-likeness (QED) is 0.457. The minimum Gasteiger partial charge on any atom is -0.497 e. The Hall–Kier alpha value is -3.60. The Morgan fingerprint density at radius 3 is 2.53 bits per heavy atom. The van der Waals surface area contributed by atoms with Gasteiger partial charge in [0.15, 0.2) is 0 Å². The highest BCUT2D eigenvalue weighted by Crippen LogP contribution is 2.32. The molecule has 0 saturated carbocycles. The van der Waals surface area contributed by atoms with Crippen molar-refractivity contribution < 1.29 is 9.53 Å². The van der Waals surface area contributed by atoms with Gasteiger partial charge in [-0.2, -0.15) is 0 Å². The predicted molar refractivity (Wildman–Crippen MR) is 119 cm³/mol. The number of pyridine rings is 1. The van der Waals surface area contributed by atoms with Crippen molar-refractivity contribution in [3.05, 3.63) is 84.2 Å². The Morgan fingerprint density at radius 2 is 1.80 bits per heavy atom. The van der Waals surface area contributed by atoms with E-state index in [1.807, 2.05) is 55.5 Å². The number of aromatic amines is 1. The number of hydrogen-bond acceptors (Lipinski definition) is 3. The molecule has 0 aliphatic rings. The Bertz CT molecular complexity index is 1130. The Labute approximate surface area is 176 Å². The Morgan fingerprint density at radius 1 is 1.07 bits per heavy atom. The number of nitrogens with one attached hydrogen (secondary N) is 2. The van der Waals surface area contributed by atoms with Gasteiger partial charge < -0.3 is 15.0 Å². The van der Waals surface area contributed by atoms with E-state index in [1.54, 1.807) is 19.5 Å². The van der Waals surface area contributed by atoms with Crippen LogP contribution in [0.5, 0.6) is 5.75 Å². The zero-order valence-corrected chi connectivity index (χ0v) is 17.2. The van der Waals surface area contributed by atoms with E-state index in [9.17, 15) is 4.79 Å². The third kappa shape index (κ3) is 4.20. The van der Waals surface area contributed by atoms with Gasteiger partial charge in [-0.25, -0.2) is 0 Å². The van der Waals surface area contributed by atoms with Gasteiger partial charge in [-0.15, -0.1) is 0 Å². The first kappa shape index (κ1) is 19.7. The normalized spacial score (nSPS) is 11.9. The van der Waals surface area contributed by atoms with Crippen LogP contribution in [-0.4, -0.2) is 23.0 Å². The average molecular weight is 399 g/mol. The zero-order valence-electron chi connectivity index (χ0n) is 17.2. The lowest BCUT2D eigenvalue weighted by atomic mass is 10.0. The number of nitrogens with zero attached hydrogens (tertiary/aromatic N) is 1. The monoisotopic (exact) mass is 399 g/mol. The van der Waals surface area contributed by atoms with Crippen LogP contribution in [0.15, 0.2) is 73.1 Å². The van der Waals surface area contributed by atoms with Crippen LogP contribution in [0.1, 0.15) is 30.5 Å². The number of aromatic nitrogens is 2. The fourth-order valence-electron chi connectivity index (χ4n) is 3.75. The minimum absolute atomic E-state index is 0.0327. The lowest BCUT2D eigenvalue weighted by molar-refractivity contribution is -0.121. The summed E-state index contributed by atoms with van der Waals surface area (Å²) in [7, 11) is 1.66. The van der Waals surface area contributed by atoms with Gasteiger partial charge in [0.2, 0.25) is 5.91 Å². The summed E-state index contributed by atoms with van der Waals surface area (Å²) in [5.41, 5.74) is 5.40. The number of aryl methyl sites for hydroxylation is 1. The number of fused-ring (bicyclic) bond motifs is 1. The highest BCUT2D eigenvalue weighted by Gasteiger charge is 2.16. The largest absolute Gasteiger partial charge is 0.497 e. The maximum absolute atomic E-state index is 12.6. The van der Waals surface area contributed by atoms with Crippen LogP contribution >= 0.6 is 0 Å². The molecule has 0 bridgehead atoms. The molecule has 0 aliphatic heterocycles. The number of hydrogen-bond donors (Lipinski definition) is 2. The van der Waals surface area contributed by atoms with Crippen molar-refractivity contribution >= 4 is 16.8 Å². The number of carbonyl (C=O) groups excluding carboxylic acids is 1. The predicted octanol–water partition coefficient (Wildman–Crippen LogP) is 5.05. The number of carbonyl (C=O) groups is 1. The van der Waals surface area contributed by atoms with E-state index in [1.165, 1.54) is 0 Å². The molecule has 0 saturated heterocycles. The van der Waals surface area contributed by atoms with Crippen molar-refractivity contribution in [1.29, 1.82) is 0 Å². The third-order valence-electron chi connectivity index (χ3n) is 5.38. The summed E-state index contributed by atoms with van der Waals surface area (Å²) in [6.45, 7) is 1.99. The molecule has 4 rings (SSSR count). The van der Waals surface area contributed by atoms with Gasteiger partial charge in [0.25, 0.3) is 0 Å². The van der Waals surface area contributed by atoms with E-state index in [0.29, 0.717) is 12.8 Å². The van der Waals surface area contributed by atoms with Crippen molar-refractivity contribution in [2.24, 2.45) is 0 Å². The van der Waals surface area contributed by atoms with Gasteiger partial charge in [-0.05, 0) is 72.5 Å². The van der Waals surface area contributed by atoms with Crippen LogP contribution in [-0.2, 0) is 11.2 Å². The molecule has 2 heterocycles. The molecule has 2 aromatic heterocycles. The maximum atomic E-state index is 12.6. The van der Waals surface area contributed by atoms with Crippen LogP contribution in [0.25, 0.3) is 22.2 Å². The first-order valence-corrected chi connectivity index (χ1v) is 10.1. The Balaban J connectivity index is 1.55. The summed E-state index contributed by atoms with van der Waals surface area (Å²) >= 11 is 0. The number of ether oxygens (including phenoxy) is 1. The summed E-state index contributed by atoms with van der Waals surface area (Å²) in [5, 5.41) is 4.24. The van der Waals surface area contributed by atoms with Gasteiger partial charge in [-0.1, -0.05) is 18.2 Å². The second kappa shape index (κ2) is 8.82. The number of para-hydroxylation sites is 1. The van der Waals surface area contributed by atoms with E-state index in [-0.39, 0.29) is 11.9 Å². The SMILES string of the molecule is COc1ccc(-c2[nH]c3ccccc3c2CCC(=O)NC(C)c2ccncc2)cc1. The van der Waals surface area contributed by atoms with E-state index >= 15 is 0 Å². The van der Waals surface area contributed by atoms with Crippen LogP contribution in [0.4, 0.5) is 0 Å². The highest BCUT2D eigenvalue weighted by atomic mass is 16.5.